The number of rotatable bonds is 7. The summed E-state index contributed by atoms with van der Waals surface area (Å²) in [7, 11) is 18.2. The molecule has 4 saturated heterocycles. The van der Waals surface area contributed by atoms with Crippen molar-refractivity contribution in [3.8, 4) is 0 Å². The topological polar surface area (TPSA) is 166 Å². The van der Waals surface area contributed by atoms with Gasteiger partial charge in [-0.05, 0) is 164 Å². The van der Waals surface area contributed by atoms with Crippen molar-refractivity contribution in [1.29, 1.82) is 0 Å². The highest BCUT2D eigenvalue weighted by Gasteiger charge is 2.27. The van der Waals surface area contributed by atoms with Gasteiger partial charge in [-0.15, -0.1) is 0 Å². The summed E-state index contributed by atoms with van der Waals surface area (Å²) in [5.41, 5.74) is 1.12. The lowest BCUT2D eigenvalue weighted by Crippen LogP contribution is -2.47. The number of carbonyl (C=O) groups excluding carboxylic acids is 7. The number of nitrogens with one attached hydrogen (secondary N) is 2. The van der Waals surface area contributed by atoms with Crippen molar-refractivity contribution in [3.05, 3.63) is 181 Å². The number of likely N-dealkylation sites (N-methyl/N-ethyl adjacent to an activating group) is 4. The minimum atomic E-state index is -0.0649. The van der Waals surface area contributed by atoms with Crippen LogP contribution in [-0.2, 0) is 33.6 Å². The molecule has 0 bridgehead atoms. The molecule has 102 heavy (non-hydrogen) atoms. The number of carbonyl (C=O) groups is 7. The highest BCUT2D eigenvalue weighted by molar-refractivity contribution is 5.83. The molecule has 1 aliphatic carbocycles. The standard InChI is InChI=1S/C14H20N2O.C8H16N2O.C7H14.C6H14N2.4C6H6.C4H9N.2C4H8O.3C3H6O.2C2H7N.C2H6/c1-12(17)14(13-6-4-3-5-7-13)16-10-8-15(2)9-11-16;1-8(11)7-10-5-3-9(2)4-6-10;1-7-5-3-2-4-6-7;1-7-3-5-8(2)6-4-7;4*1-2-4-6-5-3-1;1-5-3-2-4-5;2*1-3-4(2)5;3*1-3(2)4;2*1-3-2;1-2/h3-7,14H,8-11H2,1-2H3;3-7H2,1-2H3;7H,2-6H2,1H3;3-6H2,1-2H3;4*1-6H;2-4H2,1H3;2*3H2,1-2H3;3*1-2H3;2*3H,1-2H3;1-2H3. The van der Waals surface area contributed by atoms with E-state index in [1.54, 1.807) is 27.7 Å². The van der Waals surface area contributed by atoms with Crippen LogP contribution in [0.2, 0.25) is 0 Å². The molecule has 1 unspecified atom stereocenters. The Kier molecular flexibility index (Phi) is 90.8. The summed E-state index contributed by atoms with van der Waals surface area (Å²) in [5.74, 6) is 2.55. The molecule has 5 aromatic rings. The molecule has 1 saturated carbocycles. The summed E-state index contributed by atoms with van der Waals surface area (Å²) in [6.07, 6.45) is 10.2. The van der Waals surface area contributed by atoms with Crippen LogP contribution in [0.3, 0.4) is 0 Å². The van der Waals surface area contributed by atoms with Crippen molar-refractivity contribution in [2.75, 3.05) is 162 Å². The second kappa shape index (κ2) is 85.1. The average molecular weight is 1420 g/mol. The maximum Gasteiger partial charge on any atom is 0.151 e. The molecular formula is C86H151N9O7. The van der Waals surface area contributed by atoms with E-state index in [9.17, 15) is 33.6 Å². The maximum absolute atomic E-state index is 11.9. The molecule has 0 amide bonds. The summed E-state index contributed by atoms with van der Waals surface area (Å²) >= 11 is 0. The number of ketones is 7. The highest BCUT2D eigenvalue weighted by Crippen LogP contribution is 2.23. The second-order valence-electron chi connectivity index (χ2n) is 25.5. The van der Waals surface area contributed by atoms with E-state index in [1.165, 1.54) is 119 Å². The van der Waals surface area contributed by atoms with Gasteiger partial charge in [0.1, 0.15) is 34.7 Å². The monoisotopic (exact) mass is 1420 g/mol. The molecule has 4 aliphatic heterocycles. The first-order chi connectivity index (χ1) is 48.5. The van der Waals surface area contributed by atoms with Gasteiger partial charge in [0.25, 0.3) is 0 Å². The zero-order valence-corrected chi connectivity index (χ0v) is 69.1. The Balaban J connectivity index is -0.000000193. The molecule has 0 aromatic heterocycles. The van der Waals surface area contributed by atoms with Crippen molar-refractivity contribution in [3.63, 3.8) is 0 Å². The van der Waals surface area contributed by atoms with Crippen LogP contribution in [-0.4, -0.2) is 236 Å². The van der Waals surface area contributed by atoms with E-state index in [0.717, 1.165) is 63.8 Å². The average Bonchev–Trinajstić information content (AvgIpc) is 0.836. The van der Waals surface area contributed by atoms with E-state index < -0.39 is 0 Å². The number of benzene rings is 5. The van der Waals surface area contributed by atoms with Crippen molar-refractivity contribution in [2.45, 2.75) is 161 Å². The van der Waals surface area contributed by atoms with Crippen LogP contribution in [0.1, 0.15) is 167 Å². The zero-order valence-electron chi connectivity index (χ0n) is 69.1. The first-order valence-corrected chi connectivity index (χ1v) is 37.0. The van der Waals surface area contributed by atoms with E-state index in [-0.39, 0.29) is 46.5 Å². The third-order valence-electron chi connectivity index (χ3n) is 13.8. The zero-order chi connectivity index (χ0) is 79.0. The predicted molar refractivity (Wildman–Crippen MR) is 441 cm³/mol. The van der Waals surface area contributed by atoms with Gasteiger partial charge in [-0.2, -0.15) is 0 Å². The number of piperazine rings is 3. The lowest BCUT2D eigenvalue weighted by molar-refractivity contribution is -0.123. The number of Topliss-reactive ketones (excluding diaryl/α,β-unsaturated/α-hetero) is 7. The van der Waals surface area contributed by atoms with Gasteiger partial charge in [-0.25, -0.2) is 0 Å². The minimum Gasteiger partial charge on any atom is -0.323 e. The van der Waals surface area contributed by atoms with E-state index in [2.05, 4.69) is 87.1 Å². The van der Waals surface area contributed by atoms with Gasteiger partial charge in [0, 0.05) is 91.4 Å². The van der Waals surface area contributed by atoms with Gasteiger partial charge in [-0.1, -0.05) is 243 Å². The Morgan fingerprint density at radius 3 is 0.706 bits per heavy atom. The molecule has 16 heteroatoms. The van der Waals surface area contributed by atoms with Crippen molar-refractivity contribution in [2.24, 2.45) is 5.92 Å². The van der Waals surface area contributed by atoms with Gasteiger partial charge in [0.15, 0.2) is 5.78 Å². The quantitative estimate of drug-likeness (QED) is 0.158. The first kappa shape index (κ1) is 109. The van der Waals surface area contributed by atoms with Crippen molar-refractivity contribution >= 4 is 40.5 Å². The molecule has 4 heterocycles. The predicted octanol–water partition coefficient (Wildman–Crippen LogP) is 15.4. The fourth-order valence-corrected chi connectivity index (χ4v) is 7.97. The fraction of sp³-hybridized carbons (Fsp3) is 0.570. The SMILES string of the molecule is CC.CC(=O)C(c1ccccc1)N1CCN(C)CC1.CC(=O)CN1CCN(C)CC1.CC(C)=O.CC(C)=O.CC(C)=O.CC1CCCCC1.CCC(C)=O.CCC(C)=O.CN1CCC1.CN1CCN(C)CC1.CNC.CNC.c1ccccc1.c1ccccc1.c1ccccc1.c1ccccc1. The third kappa shape index (κ3) is 99.8. The van der Waals surface area contributed by atoms with Crippen LogP contribution in [0, 0.1) is 5.92 Å². The Hall–Kier alpha value is -6.57. The van der Waals surface area contributed by atoms with Crippen molar-refractivity contribution in [1.82, 2.24) is 44.9 Å². The molecule has 16 nitrogen and oxygen atoms in total. The van der Waals surface area contributed by atoms with Gasteiger partial charge in [0.05, 0.1) is 12.6 Å². The van der Waals surface area contributed by atoms with Crippen LogP contribution in [0.15, 0.2) is 176 Å². The number of hydrogen-bond acceptors (Lipinski definition) is 16. The van der Waals surface area contributed by atoms with Gasteiger partial charge in [0.2, 0.25) is 0 Å². The summed E-state index contributed by atoms with van der Waals surface area (Å²) in [4.78, 5) is 86.7. The van der Waals surface area contributed by atoms with Crippen LogP contribution >= 0.6 is 0 Å². The van der Waals surface area contributed by atoms with Crippen molar-refractivity contribution < 1.29 is 33.6 Å². The van der Waals surface area contributed by atoms with E-state index >= 15 is 0 Å². The molecular weight excluding hydrogens is 1270 g/mol. The normalized spacial score (nSPS) is 14.6. The van der Waals surface area contributed by atoms with Crippen LogP contribution in [0.4, 0.5) is 0 Å². The third-order valence-corrected chi connectivity index (χ3v) is 13.8. The Morgan fingerprint density at radius 1 is 0.343 bits per heavy atom. The summed E-state index contributed by atoms with van der Waals surface area (Å²) in [6.45, 7) is 42.2. The Bertz CT molecular complexity index is 2200. The molecule has 0 radical (unpaired) electrons. The van der Waals surface area contributed by atoms with Crippen LogP contribution in [0.25, 0.3) is 0 Å². The first-order valence-electron chi connectivity index (χ1n) is 37.0. The largest absolute Gasteiger partial charge is 0.323 e. The number of likely N-dealkylation sites (tertiary alicyclic amines) is 1. The molecule has 582 valence electrons. The lowest BCUT2D eigenvalue weighted by atomic mass is 9.91. The molecule has 5 aliphatic rings. The van der Waals surface area contributed by atoms with Gasteiger partial charge < -0.3 is 59.1 Å². The number of nitrogens with zero attached hydrogens (tertiary/aromatic N) is 7. The smallest absolute Gasteiger partial charge is 0.151 e. The maximum atomic E-state index is 11.9. The van der Waals surface area contributed by atoms with Crippen LogP contribution in [0.5, 0.6) is 0 Å². The van der Waals surface area contributed by atoms with Crippen LogP contribution < -0.4 is 10.6 Å². The minimum absolute atomic E-state index is 0.0649. The molecule has 5 fully saturated rings. The molecule has 5 aromatic carbocycles. The second-order valence-corrected chi connectivity index (χ2v) is 25.5. The van der Waals surface area contributed by atoms with E-state index in [1.807, 2.05) is 232 Å². The van der Waals surface area contributed by atoms with E-state index in [4.69, 9.17) is 0 Å². The Morgan fingerprint density at radius 2 is 0.539 bits per heavy atom. The number of hydrogen-bond donors (Lipinski definition) is 2. The Labute approximate surface area is 626 Å². The summed E-state index contributed by atoms with van der Waals surface area (Å²) in [5, 5.41) is 5.50. The molecule has 0 spiro atoms. The fourth-order valence-electron chi connectivity index (χ4n) is 7.97. The van der Waals surface area contributed by atoms with Gasteiger partial charge >= 0.3 is 0 Å². The summed E-state index contributed by atoms with van der Waals surface area (Å²) < 4.78 is 0. The van der Waals surface area contributed by atoms with E-state index in [0.29, 0.717) is 19.4 Å². The summed E-state index contributed by atoms with van der Waals surface area (Å²) in [6, 6.07) is 58.0. The lowest BCUT2D eigenvalue weighted by Gasteiger charge is -2.37. The highest BCUT2D eigenvalue weighted by atomic mass is 16.1. The molecule has 10 rings (SSSR count). The molecule has 1 atom stereocenters. The van der Waals surface area contributed by atoms with Gasteiger partial charge in [-0.3, -0.25) is 19.4 Å². The molecule has 2 N–H and O–H groups in total.